The quantitative estimate of drug-likeness (QED) is 0.726. The van der Waals surface area contributed by atoms with Gasteiger partial charge in [-0.2, -0.15) is 0 Å². The number of fused-ring (bicyclic) bond motifs is 2. The molecule has 4 nitrogen and oxygen atoms in total. The zero-order valence-electron chi connectivity index (χ0n) is 13.4. The van der Waals surface area contributed by atoms with E-state index in [0.717, 1.165) is 27.3 Å². The molecular weight excluding hydrogens is 320 g/mol. The third-order valence-corrected chi connectivity index (χ3v) is 5.51. The minimum atomic E-state index is -0.167. The van der Waals surface area contributed by atoms with Gasteiger partial charge in [-0.25, -0.2) is 4.98 Å². The Kier molecular flexibility index (Phi) is 4.04. The van der Waals surface area contributed by atoms with Crippen molar-refractivity contribution in [2.24, 2.45) is 0 Å². The predicted octanol–water partition coefficient (Wildman–Crippen LogP) is 3.96. The van der Waals surface area contributed by atoms with Gasteiger partial charge < -0.3 is 4.74 Å². The Hall–Kier alpha value is -2.24. The number of thiazole rings is 1. The smallest absolute Gasteiger partial charge is 0.231 e. The molecule has 1 aromatic heterocycles. The van der Waals surface area contributed by atoms with Crippen LogP contribution in [0.3, 0.4) is 0 Å². The number of carbonyl (C=O) groups is 1. The summed E-state index contributed by atoms with van der Waals surface area (Å²) in [5, 5.41) is 0.727. The number of nitrogens with zero attached hydrogens (tertiary/aromatic N) is 2. The van der Waals surface area contributed by atoms with Gasteiger partial charge >= 0.3 is 0 Å². The van der Waals surface area contributed by atoms with Crippen LogP contribution in [0.1, 0.15) is 23.7 Å². The number of aromatic nitrogens is 1. The second-order valence-corrected chi connectivity index (χ2v) is 6.94. The third kappa shape index (κ3) is 2.81. The molecule has 0 spiro atoms. The molecule has 2 aromatic carbocycles. The van der Waals surface area contributed by atoms with Crippen molar-refractivity contribution in [3.8, 4) is 0 Å². The number of hydrogen-bond acceptors (Lipinski definition) is 4. The van der Waals surface area contributed by atoms with E-state index in [1.807, 2.05) is 36.4 Å². The molecule has 1 amide bonds. The van der Waals surface area contributed by atoms with Gasteiger partial charge in [-0.05, 0) is 29.7 Å². The summed E-state index contributed by atoms with van der Waals surface area (Å²) >= 11 is 1.53. The molecular formula is C19H18N2O2S. The number of anilines is 1. The van der Waals surface area contributed by atoms with E-state index in [9.17, 15) is 4.79 Å². The summed E-state index contributed by atoms with van der Waals surface area (Å²) in [6, 6.07) is 16.2. The van der Waals surface area contributed by atoms with Crippen LogP contribution in [0, 0.1) is 0 Å². The lowest BCUT2D eigenvalue weighted by molar-refractivity contribution is -0.121. The normalized spacial score (nSPS) is 16.8. The second kappa shape index (κ2) is 6.34. The Morgan fingerprint density at radius 1 is 1.25 bits per heavy atom. The highest BCUT2D eigenvalue weighted by atomic mass is 32.1. The van der Waals surface area contributed by atoms with E-state index in [2.05, 4.69) is 17.1 Å². The fourth-order valence-electron chi connectivity index (χ4n) is 3.05. The first-order valence-electron chi connectivity index (χ1n) is 8.04. The van der Waals surface area contributed by atoms with Gasteiger partial charge in [0.1, 0.15) is 0 Å². The first-order chi connectivity index (χ1) is 11.7. The topological polar surface area (TPSA) is 42.4 Å². The highest BCUT2D eigenvalue weighted by Gasteiger charge is 2.25. The van der Waals surface area contributed by atoms with Gasteiger partial charge in [0.2, 0.25) is 5.91 Å². The molecule has 0 aliphatic carbocycles. The van der Waals surface area contributed by atoms with Crippen LogP contribution in [0.2, 0.25) is 0 Å². The first kappa shape index (κ1) is 15.3. The van der Waals surface area contributed by atoms with Crippen molar-refractivity contribution in [3.63, 3.8) is 0 Å². The average molecular weight is 338 g/mol. The molecule has 1 aliphatic heterocycles. The van der Waals surface area contributed by atoms with Crippen molar-refractivity contribution in [2.45, 2.75) is 18.9 Å². The monoisotopic (exact) mass is 338 g/mol. The van der Waals surface area contributed by atoms with Crippen molar-refractivity contribution in [3.05, 3.63) is 59.7 Å². The maximum Gasteiger partial charge on any atom is 0.231 e. The van der Waals surface area contributed by atoms with Gasteiger partial charge in [-0.1, -0.05) is 47.7 Å². The summed E-state index contributed by atoms with van der Waals surface area (Å²) in [5.74, 6) is 0.0239. The molecule has 0 bridgehead atoms. The van der Waals surface area contributed by atoms with E-state index in [1.165, 1.54) is 16.9 Å². The Bertz CT molecular complexity index is 857. The van der Waals surface area contributed by atoms with Crippen LogP contribution in [0.25, 0.3) is 10.2 Å². The highest BCUT2D eigenvalue weighted by molar-refractivity contribution is 7.22. The van der Waals surface area contributed by atoms with Crippen LogP contribution in [-0.2, 0) is 16.0 Å². The molecule has 0 fully saturated rings. The average Bonchev–Trinajstić information content (AvgIpc) is 3.05. The summed E-state index contributed by atoms with van der Waals surface area (Å²) in [6.07, 6.45) is 1.08. The van der Waals surface area contributed by atoms with E-state index in [-0.39, 0.29) is 12.0 Å². The van der Waals surface area contributed by atoms with Gasteiger partial charge in [0.05, 0.1) is 29.3 Å². The minimum absolute atomic E-state index is 0.0239. The van der Waals surface area contributed by atoms with Crippen molar-refractivity contribution in [2.75, 3.05) is 18.6 Å². The lowest BCUT2D eigenvalue weighted by Gasteiger charge is -2.26. The van der Waals surface area contributed by atoms with Crippen LogP contribution < -0.4 is 4.90 Å². The molecule has 5 heteroatoms. The first-order valence-corrected chi connectivity index (χ1v) is 8.85. The van der Waals surface area contributed by atoms with E-state index in [4.69, 9.17) is 4.74 Å². The summed E-state index contributed by atoms with van der Waals surface area (Å²) in [5.41, 5.74) is 3.34. The lowest BCUT2D eigenvalue weighted by atomic mass is 9.95. The number of ether oxygens (including phenoxy) is 1. The molecule has 3 aromatic rings. The van der Waals surface area contributed by atoms with E-state index in [1.54, 1.807) is 11.9 Å². The minimum Gasteiger partial charge on any atom is -0.373 e. The third-order valence-electron chi connectivity index (χ3n) is 4.40. The molecule has 0 unspecified atom stereocenters. The molecule has 4 rings (SSSR count). The number of amides is 1. The summed E-state index contributed by atoms with van der Waals surface area (Å²) < 4.78 is 6.94. The molecule has 0 saturated heterocycles. The molecule has 1 aliphatic rings. The molecule has 24 heavy (non-hydrogen) atoms. The Morgan fingerprint density at radius 3 is 2.92 bits per heavy atom. The van der Waals surface area contributed by atoms with Crippen LogP contribution >= 0.6 is 11.3 Å². The molecule has 1 atom stereocenters. The van der Waals surface area contributed by atoms with Crippen LogP contribution in [0.5, 0.6) is 0 Å². The summed E-state index contributed by atoms with van der Waals surface area (Å²) in [6.45, 7) is 0.666. The number of benzene rings is 2. The highest BCUT2D eigenvalue weighted by Crippen LogP contribution is 2.32. The lowest BCUT2D eigenvalue weighted by Crippen LogP contribution is -2.29. The predicted molar refractivity (Wildman–Crippen MR) is 96.5 cm³/mol. The van der Waals surface area contributed by atoms with Crippen LogP contribution in [0.4, 0.5) is 5.13 Å². The van der Waals surface area contributed by atoms with E-state index in [0.29, 0.717) is 13.0 Å². The number of para-hydroxylation sites is 1. The number of rotatable bonds is 3. The number of carbonyl (C=O) groups excluding carboxylic acids is 1. The SMILES string of the molecule is CN(C(=O)C[C@@H]1OCCc2ccccc21)c1nc2ccccc2s1. The van der Waals surface area contributed by atoms with E-state index < -0.39 is 0 Å². The maximum absolute atomic E-state index is 12.7. The van der Waals surface area contributed by atoms with Gasteiger partial charge in [-0.15, -0.1) is 0 Å². The molecule has 0 radical (unpaired) electrons. The van der Waals surface area contributed by atoms with Gasteiger partial charge in [-0.3, -0.25) is 9.69 Å². The van der Waals surface area contributed by atoms with Gasteiger partial charge in [0, 0.05) is 7.05 Å². The van der Waals surface area contributed by atoms with Crippen LogP contribution in [0.15, 0.2) is 48.5 Å². The zero-order valence-corrected chi connectivity index (χ0v) is 14.3. The van der Waals surface area contributed by atoms with Crippen molar-refractivity contribution >= 4 is 32.6 Å². The van der Waals surface area contributed by atoms with Crippen molar-refractivity contribution in [1.29, 1.82) is 0 Å². The summed E-state index contributed by atoms with van der Waals surface area (Å²) in [4.78, 5) is 18.9. The molecule has 0 saturated carbocycles. The fraction of sp³-hybridized carbons (Fsp3) is 0.263. The molecule has 122 valence electrons. The van der Waals surface area contributed by atoms with Crippen molar-refractivity contribution < 1.29 is 9.53 Å². The number of hydrogen-bond donors (Lipinski definition) is 0. The molecule has 2 heterocycles. The zero-order chi connectivity index (χ0) is 16.5. The van der Waals surface area contributed by atoms with E-state index >= 15 is 0 Å². The molecule has 0 N–H and O–H groups in total. The summed E-state index contributed by atoms with van der Waals surface area (Å²) in [7, 11) is 1.79. The van der Waals surface area contributed by atoms with Gasteiger partial charge in [0.15, 0.2) is 5.13 Å². The fourth-order valence-corrected chi connectivity index (χ4v) is 4.00. The second-order valence-electron chi connectivity index (χ2n) is 5.93. The maximum atomic E-state index is 12.7. The Balaban J connectivity index is 1.54. The van der Waals surface area contributed by atoms with Gasteiger partial charge in [0.25, 0.3) is 0 Å². The van der Waals surface area contributed by atoms with Crippen LogP contribution in [-0.4, -0.2) is 24.5 Å². The standard InChI is InChI=1S/C19H18N2O2S/c1-21(19-20-15-8-4-5-9-17(15)24-19)18(22)12-16-14-7-3-2-6-13(14)10-11-23-16/h2-9,16H,10-12H2,1H3/t16-/m0/s1. The van der Waals surface area contributed by atoms with Crippen molar-refractivity contribution in [1.82, 2.24) is 4.98 Å². The largest absolute Gasteiger partial charge is 0.373 e. The Labute approximate surface area is 144 Å². The Morgan fingerprint density at radius 2 is 2.04 bits per heavy atom.